The normalized spacial score (nSPS) is 17.6. The van der Waals surface area contributed by atoms with Gasteiger partial charge in [-0.25, -0.2) is 0 Å². The summed E-state index contributed by atoms with van der Waals surface area (Å²) in [6.07, 6.45) is 4.01. The molecule has 0 saturated carbocycles. The number of rotatable bonds is 5. The number of hydrogen-bond donors (Lipinski definition) is 2. The minimum absolute atomic E-state index is 0.424. The molecule has 0 radical (unpaired) electrons. The summed E-state index contributed by atoms with van der Waals surface area (Å²) < 4.78 is 0. The molecule has 1 atom stereocenters. The van der Waals surface area contributed by atoms with Gasteiger partial charge in [-0.3, -0.25) is 9.98 Å². The van der Waals surface area contributed by atoms with Gasteiger partial charge in [0.1, 0.15) is 0 Å². The van der Waals surface area contributed by atoms with Gasteiger partial charge in [-0.1, -0.05) is 24.3 Å². The maximum Gasteiger partial charge on any atom is 0.191 e. The molecule has 0 spiro atoms. The van der Waals surface area contributed by atoms with E-state index < -0.39 is 0 Å². The Hall–Kier alpha value is -2.56. The van der Waals surface area contributed by atoms with Gasteiger partial charge in [0, 0.05) is 50.3 Å². The van der Waals surface area contributed by atoms with Crippen LogP contribution in [0.5, 0.6) is 0 Å². The molecule has 132 valence electrons. The number of hydrogen-bond acceptors (Lipinski definition) is 3. The van der Waals surface area contributed by atoms with Gasteiger partial charge in [-0.2, -0.15) is 0 Å². The van der Waals surface area contributed by atoms with E-state index in [4.69, 9.17) is 0 Å². The third-order valence-electron chi connectivity index (χ3n) is 4.55. The molecule has 25 heavy (non-hydrogen) atoms. The summed E-state index contributed by atoms with van der Waals surface area (Å²) in [5, 5.41) is 6.95. The van der Waals surface area contributed by atoms with Gasteiger partial charge in [0.25, 0.3) is 0 Å². The van der Waals surface area contributed by atoms with E-state index in [-0.39, 0.29) is 0 Å². The van der Waals surface area contributed by atoms with Gasteiger partial charge in [-0.05, 0) is 43.5 Å². The summed E-state index contributed by atoms with van der Waals surface area (Å²) in [6, 6.07) is 15.2. The van der Waals surface area contributed by atoms with Crippen LogP contribution in [0.25, 0.3) is 0 Å². The predicted octanol–water partition coefficient (Wildman–Crippen LogP) is 2.38. The van der Waals surface area contributed by atoms with Gasteiger partial charge >= 0.3 is 0 Å². The fraction of sp³-hybridized carbons (Fsp3) is 0.400. The van der Waals surface area contributed by atoms with E-state index in [1.807, 2.05) is 20.2 Å². The largest absolute Gasteiger partial charge is 0.369 e. The fourth-order valence-corrected chi connectivity index (χ4v) is 3.11. The van der Waals surface area contributed by atoms with Crippen LogP contribution < -0.4 is 15.5 Å². The van der Waals surface area contributed by atoms with E-state index in [1.165, 1.54) is 11.3 Å². The molecule has 1 saturated heterocycles. The number of pyridine rings is 1. The Bertz CT molecular complexity index is 681. The molecule has 1 aromatic heterocycles. The van der Waals surface area contributed by atoms with Crippen LogP contribution in [0.2, 0.25) is 0 Å². The molecule has 2 N–H and O–H groups in total. The highest BCUT2D eigenvalue weighted by molar-refractivity contribution is 5.80. The Morgan fingerprint density at radius 1 is 1.24 bits per heavy atom. The molecule has 1 unspecified atom stereocenters. The molecule has 5 nitrogen and oxygen atoms in total. The Balaban J connectivity index is 1.44. The van der Waals surface area contributed by atoms with Crippen LogP contribution in [0.15, 0.2) is 53.7 Å². The monoisotopic (exact) mass is 337 g/mol. The van der Waals surface area contributed by atoms with Gasteiger partial charge in [0.2, 0.25) is 0 Å². The summed E-state index contributed by atoms with van der Waals surface area (Å²) >= 11 is 0. The number of guanidine groups is 1. The second kappa shape index (κ2) is 8.51. The summed E-state index contributed by atoms with van der Waals surface area (Å²) in [7, 11) is 1.83. The molecule has 0 amide bonds. The highest BCUT2D eigenvalue weighted by Crippen LogP contribution is 2.19. The third-order valence-corrected chi connectivity index (χ3v) is 4.55. The van der Waals surface area contributed by atoms with Crippen molar-refractivity contribution in [3.05, 3.63) is 59.9 Å². The molecule has 1 aliphatic heterocycles. The Morgan fingerprint density at radius 2 is 2.08 bits per heavy atom. The second-order valence-corrected chi connectivity index (χ2v) is 6.47. The van der Waals surface area contributed by atoms with Crippen molar-refractivity contribution in [2.45, 2.75) is 25.8 Å². The van der Waals surface area contributed by atoms with Crippen LogP contribution in [-0.2, 0) is 6.42 Å². The van der Waals surface area contributed by atoms with E-state index >= 15 is 0 Å². The highest BCUT2D eigenvalue weighted by atomic mass is 15.2. The minimum atomic E-state index is 0.424. The zero-order chi connectivity index (χ0) is 17.5. The van der Waals surface area contributed by atoms with Crippen LogP contribution in [0.4, 0.5) is 5.69 Å². The number of benzene rings is 1. The first kappa shape index (κ1) is 17.3. The van der Waals surface area contributed by atoms with E-state index in [0.717, 1.165) is 44.1 Å². The average molecular weight is 337 g/mol. The number of para-hydroxylation sites is 1. The van der Waals surface area contributed by atoms with Crippen molar-refractivity contribution in [3.63, 3.8) is 0 Å². The zero-order valence-electron chi connectivity index (χ0n) is 15.1. The molecule has 5 heteroatoms. The lowest BCUT2D eigenvalue weighted by Crippen LogP contribution is -2.45. The Morgan fingerprint density at radius 3 is 2.80 bits per heavy atom. The number of aliphatic imine (C=N–C) groups is 1. The smallest absolute Gasteiger partial charge is 0.191 e. The molecule has 2 aromatic rings. The topological polar surface area (TPSA) is 52.6 Å². The summed E-state index contributed by atoms with van der Waals surface area (Å²) in [5.41, 5.74) is 3.59. The van der Waals surface area contributed by atoms with Gasteiger partial charge in [-0.15, -0.1) is 0 Å². The predicted molar refractivity (Wildman–Crippen MR) is 104 cm³/mol. The maximum absolute atomic E-state index is 4.35. The fourth-order valence-electron chi connectivity index (χ4n) is 3.11. The van der Waals surface area contributed by atoms with Crippen molar-refractivity contribution in [3.8, 4) is 0 Å². The molecule has 0 bridgehead atoms. The van der Waals surface area contributed by atoms with E-state index in [9.17, 15) is 0 Å². The molecular formula is C20H27N5. The van der Waals surface area contributed by atoms with Gasteiger partial charge in [0.15, 0.2) is 5.96 Å². The lowest BCUT2D eigenvalue weighted by atomic mass is 10.2. The second-order valence-electron chi connectivity index (χ2n) is 6.47. The Kier molecular flexibility index (Phi) is 5.88. The summed E-state index contributed by atoms with van der Waals surface area (Å²) in [6.45, 7) is 4.94. The molecule has 3 rings (SSSR count). The van der Waals surface area contributed by atoms with Gasteiger partial charge < -0.3 is 15.5 Å². The van der Waals surface area contributed by atoms with Crippen molar-refractivity contribution in [1.29, 1.82) is 0 Å². The lowest BCUT2D eigenvalue weighted by molar-refractivity contribution is 0.648. The van der Waals surface area contributed by atoms with Crippen LogP contribution in [0.1, 0.15) is 17.7 Å². The van der Waals surface area contributed by atoms with Crippen molar-refractivity contribution in [2.75, 3.05) is 31.6 Å². The standard InChI is InChI=1S/C20H27N5/c1-16-8-9-17(14-23-16)10-12-22-20(21-2)24-18-11-13-25(15-18)19-6-4-3-5-7-19/h3-9,14,18H,10-13,15H2,1-2H3,(H2,21,22,24). The zero-order valence-corrected chi connectivity index (χ0v) is 15.1. The number of nitrogens with zero attached hydrogens (tertiary/aromatic N) is 3. The van der Waals surface area contributed by atoms with Crippen LogP contribution in [0, 0.1) is 6.92 Å². The Labute approximate surface area is 150 Å². The highest BCUT2D eigenvalue weighted by Gasteiger charge is 2.23. The lowest BCUT2D eigenvalue weighted by Gasteiger charge is -2.20. The van der Waals surface area contributed by atoms with Crippen LogP contribution in [0.3, 0.4) is 0 Å². The minimum Gasteiger partial charge on any atom is -0.369 e. The van der Waals surface area contributed by atoms with Crippen LogP contribution in [-0.4, -0.2) is 43.7 Å². The molecule has 0 aliphatic carbocycles. The molecule has 1 aliphatic rings. The first-order chi connectivity index (χ1) is 12.2. The first-order valence-corrected chi connectivity index (χ1v) is 8.93. The number of nitrogens with one attached hydrogen (secondary N) is 2. The quantitative estimate of drug-likeness (QED) is 0.650. The SMILES string of the molecule is CN=C(NCCc1ccc(C)nc1)NC1CCN(c2ccccc2)C1. The van der Waals surface area contributed by atoms with E-state index in [1.54, 1.807) is 0 Å². The summed E-state index contributed by atoms with van der Waals surface area (Å²) in [5.74, 6) is 0.875. The first-order valence-electron chi connectivity index (χ1n) is 8.93. The molecule has 1 aromatic carbocycles. The van der Waals surface area contributed by atoms with Gasteiger partial charge in [0.05, 0.1) is 0 Å². The molecule has 1 fully saturated rings. The van der Waals surface area contributed by atoms with E-state index in [2.05, 4.69) is 68.0 Å². The van der Waals surface area contributed by atoms with Crippen molar-refractivity contribution in [2.24, 2.45) is 4.99 Å². The van der Waals surface area contributed by atoms with E-state index in [0.29, 0.717) is 6.04 Å². The number of aromatic nitrogens is 1. The average Bonchev–Trinajstić information content (AvgIpc) is 3.12. The third kappa shape index (κ3) is 4.95. The summed E-state index contributed by atoms with van der Waals surface area (Å²) in [4.78, 5) is 11.1. The number of aryl methyl sites for hydroxylation is 1. The van der Waals surface area contributed by atoms with Crippen molar-refractivity contribution in [1.82, 2.24) is 15.6 Å². The number of anilines is 1. The maximum atomic E-state index is 4.35. The van der Waals surface area contributed by atoms with Crippen LogP contribution >= 0.6 is 0 Å². The van der Waals surface area contributed by atoms with Crippen molar-refractivity contribution < 1.29 is 0 Å². The molecule has 2 heterocycles. The molecular weight excluding hydrogens is 310 g/mol. The van der Waals surface area contributed by atoms with Crippen molar-refractivity contribution >= 4 is 11.6 Å².